The summed E-state index contributed by atoms with van der Waals surface area (Å²) in [4.78, 5) is 10.9. The Hall–Kier alpha value is -0.550. The third kappa shape index (κ3) is 3.78. The summed E-state index contributed by atoms with van der Waals surface area (Å²) in [6.45, 7) is 2.04. The van der Waals surface area contributed by atoms with Crippen LogP contribution in [0.2, 0.25) is 0 Å². The molecule has 1 heterocycles. The first kappa shape index (κ1) is 10.5. The molecule has 1 rings (SSSR count). The summed E-state index contributed by atoms with van der Waals surface area (Å²) in [5.41, 5.74) is 0. The first-order chi connectivity index (χ1) is 6.22. The zero-order valence-electron chi connectivity index (χ0n) is 7.19. The second kappa shape index (κ2) is 5.24. The van der Waals surface area contributed by atoms with Crippen LogP contribution in [-0.2, 0) is 14.3 Å². The molecule has 0 saturated carbocycles. The Kier molecular flexibility index (Phi) is 4.24. The van der Waals surface area contributed by atoms with Gasteiger partial charge in [0.2, 0.25) is 4.38 Å². The van der Waals surface area contributed by atoms with Crippen LogP contribution >= 0.6 is 24.0 Å². The highest BCUT2D eigenvalue weighted by molar-refractivity contribution is 8.22. The van der Waals surface area contributed by atoms with Gasteiger partial charge in [-0.15, -0.1) is 0 Å². The maximum absolute atomic E-state index is 10.9. The maximum atomic E-state index is 10.9. The molecule has 1 aliphatic heterocycles. The van der Waals surface area contributed by atoms with E-state index in [2.05, 4.69) is 0 Å². The molecular formula is C8H10O3S2. The van der Waals surface area contributed by atoms with Gasteiger partial charge in [-0.2, -0.15) is 0 Å². The van der Waals surface area contributed by atoms with Crippen LogP contribution in [-0.4, -0.2) is 28.8 Å². The molecule has 0 N–H and O–H groups in total. The first-order valence-electron chi connectivity index (χ1n) is 3.85. The van der Waals surface area contributed by atoms with Crippen LogP contribution in [0.3, 0.4) is 0 Å². The third-order valence-corrected chi connectivity index (χ3v) is 2.68. The number of carbonyl (C=O) groups excluding carboxylic acids is 1. The number of hydrogen-bond acceptors (Lipinski definition) is 5. The number of carbonyl (C=O) groups is 1. The van der Waals surface area contributed by atoms with Gasteiger partial charge in [-0.1, -0.05) is 17.8 Å². The van der Waals surface area contributed by atoms with Gasteiger partial charge in [0.1, 0.15) is 12.7 Å². The van der Waals surface area contributed by atoms with Gasteiger partial charge in [0.15, 0.2) is 0 Å². The molecule has 1 unspecified atom stereocenters. The van der Waals surface area contributed by atoms with Gasteiger partial charge in [0.25, 0.3) is 0 Å². The number of rotatable bonds is 3. The van der Waals surface area contributed by atoms with Gasteiger partial charge in [0.05, 0.1) is 0 Å². The van der Waals surface area contributed by atoms with Crippen LogP contribution in [0.15, 0.2) is 12.2 Å². The maximum Gasteiger partial charge on any atom is 0.330 e. The van der Waals surface area contributed by atoms with E-state index in [0.717, 1.165) is 5.75 Å². The van der Waals surface area contributed by atoms with Crippen molar-refractivity contribution in [2.24, 2.45) is 0 Å². The third-order valence-electron chi connectivity index (χ3n) is 1.36. The number of hydrogen-bond donors (Lipinski definition) is 0. The summed E-state index contributed by atoms with van der Waals surface area (Å²) >= 11 is 6.28. The normalized spacial score (nSPS) is 21.9. The molecule has 0 aromatic heterocycles. The molecule has 1 aliphatic rings. The fourth-order valence-electron chi connectivity index (χ4n) is 0.807. The van der Waals surface area contributed by atoms with Crippen LogP contribution < -0.4 is 0 Å². The van der Waals surface area contributed by atoms with Crippen molar-refractivity contribution in [1.29, 1.82) is 0 Å². The molecule has 3 nitrogen and oxygen atoms in total. The second-order valence-electron chi connectivity index (χ2n) is 2.43. The van der Waals surface area contributed by atoms with Gasteiger partial charge >= 0.3 is 5.97 Å². The Morgan fingerprint density at radius 2 is 2.69 bits per heavy atom. The first-order valence-corrected chi connectivity index (χ1v) is 5.24. The van der Waals surface area contributed by atoms with E-state index in [-0.39, 0.29) is 18.7 Å². The minimum Gasteiger partial charge on any atom is -0.471 e. The largest absolute Gasteiger partial charge is 0.471 e. The Labute approximate surface area is 86.5 Å². The van der Waals surface area contributed by atoms with E-state index >= 15 is 0 Å². The molecule has 0 aliphatic carbocycles. The zero-order chi connectivity index (χ0) is 9.68. The lowest BCUT2D eigenvalue weighted by Crippen LogP contribution is -2.19. The van der Waals surface area contributed by atoms with E-state index in [1.807, 2.05) is 0 Å². The van der Waals surface area contributed by atoms with Crippen LogP contribution in [0.1, 0.15) is 6.92 Å². The number of ether oxygens (including phenoxy) is 2. The monoisotopic (exact) mass is 218 g/mol. The molecular weight excluding hydrogens is 208 g/mol. The highest BCUT2D eigenvalue weighted by Gasteiger charge is 2.22. The lowest BCUT2D eigenvalue weighted by atomic mass is 10.4. The lowest BCUT2D eigenvalue weighted by molar-refractivity contribution is -0.139. The van der Waals surface area contributed by atoms with Gasteiger partial charge in [0, 0.05) is 11.8 Å². The molecule has 1 saturated heterocycles. The summed E-state index contributed by atoms with van der Waals surface area (Å²) in [5.74, 6) is 0.427. The summed E-state index contributed by atoms with van der Waals surface area (Å²) in [6.07, 6.45) is 2.93. The average molecular weight is 218 g/mol. The van der Waals surface area contributed by atoms with E-state index in [0.29, 0.717) is 4.38 Å². The molecule has 0 radical (unpaired) electrons. The quantitative estimate of drug-likeness (QED) is 0.408. The zero-order valence-corrected chi connectivity index (χ0v) is 8.82. The molecule has 0 aromatic carbocycles. The molecule has 0 bridgehead atoms. The van der Waals surface area contributed by atoms with Crippen molar-refractivity contribution in [3.63, 3.8) is 0 Å². The molecule has 13 heavy (non-hydrogen) atoms. The van der Waals surface area contributed by atoms with Gasteiger partial charge in [-0.25, -0.2) is 4.79 Å². The van der Waals surface area contributed by atoms with Crippen molar-refractivity contribution in [2.75, 3.05) is 12.4 Å². The predicted molar refractivity (Wildman–Crippen MR) is 55.7 cm³/mol. The fourth-order valence-corrected chi connectivity index (χ4v) is 1.84. The van der Waals surface area contributed by atoms with Crippen LogP contribution in [0, 0.1) is 0 Å². The Balaban J connectivity index is 2.19. The van der Waals surface area contributed by atoms with Gasteiger partial charge in [-0.3, -0.25) is 0 Å². The summed E-state index contributed by atoms with van der Waals surface area (Å²) in [7, 11) is 0. The topological polar surface area (TPSA) is 35.5 Å². The molecule has 1 atom stereocenters. The minimum absolute atomic E-state index is 0.0771. The van der Waals surface area contributed by atoms with Crippen LogP contribution in [0.5, 0.6) is 0 Å². The highest BCUT2D eigenvalue weighted by atomic mass is 32.2. The number of esters is 1. The van der Waals surface area contributed by atoms with E-state index in [9.17, 15) is 4.79 Å². The number of thiocarbonyl (C=S) groups is 1. The Morgan fingerprint density at radius 3 is 3.23 bits per heavy atom. The highest BCUT2D eigenvalue weighted by Crippen LogP contribution is 2.19. The second-order valence-corrected chi connectivity index (χ2v) is 4.05. The van der Waals surface area contributed by atoms with Crippen molar-refractivity contribution >= 4 is 34.3 Å². The fraction of sp³-hybridized carbons (Fsp3) is 0.500. The van der Waals surface area contributed by atoms with Crippen molar-refractivity contribution in [1.82, 2.24) is 0 Å². The smallest absolute Gasteiger partial charge is 0.330 e. The molecule has 1 fully saturated rings. The molecule has 0 spiro atoms. The van der Waals surface area contributed by atoms with Crippen molar-refractivity contribution in [3.05, 3.63) is 12.2 Å². The summed E-state index contributed by atoms with van der Waals surface area (Å²) < 4.78 is 10.6. The van der Waals surface area contributed by atoms with Gasteiger partial charge < -0.3 is 9.47 Å². The Morgan fingerprint density at radius 1 is 1.92 bits per heavy atom. The van der Waals surface area contributed by atoms with E-state index in [1.54, 1.807) is 13.0 Å². The van der Waals surface area contributed by atoms with Crippen molar-refractivity contribution in [3.8, 4) is 0 Å². The van der Waals surface area contributed by atoms with Gasteiger partial charge in [-0.05, 0) is 19.1 Å². The average Bonchev–Trinajstić information content (AvgIpc) is 2.49. The van der Waals surface area contributed by atoms with Crippen molar-refractivity contribution < 1.29 is 14.3 Å². The van der Waals surface area contributed by atoms with E-state index in [1.165, 1.54) is 17.8 Å². The van der Waals surface area contributed by atoms with Crippen LogP contribution in [0.4, 0.5) is 0 Å². The number of thioether (sulfide) groups is 1. The minimum atomic E-state index is -0.339. The Bertz CT molecular complexity index is 238. The SMILES string of the molecule is CC=CC(=O)OCC1CSC(=S)O1. The standard InChI is InChI=1S/C8H10O3S2/c1-2-3-7(9)10-4-6-5-13-8(12)11-6/h2-3,6H,4-5H2,1H3. The summed E-state index contributed by atoms with van der Waals surface area (Å²) in [5, 5.41) is 0. The predicted octanol–water partition coefficient (Wildman–Crippen LogP) is 1.52. The molecule has 5 heteroatoms. The number of allylic oxidation sites excluding steroid dienone is 1. The lowest BCUT2D eigenvalue weighted by Gasteiger charge is -2.07. The summed E-state index contributed by atoms with van der Waals surface area (Å²) in [6, 6.07) is 0. The molecule has 72 valence electrons. The van der Waals surface area contributed by atoms with E-state index < -0.39 is 0 Å². The molecule has 0 amide bonds. The van der Waals surface area contributed by atoms with Crippen molar-refractivity contribution in [2.45, 2.75) is 13.0 Å². The van der Waals surface area contributed by atoms with Crippen LogP contribution in [0.25, 0.3) is 0 Å². The van der Waals surface area contributed by atoms with E-state index in [4.69, 9.17) is 21.7 Å². The molecule has 0 aromatic rings.